The summed E-state index contributed by atoms with van der Waals surface area (Å²) in [7, 11) is 0. The van der Waals surface area contributed by atoms with Gasteiger partial charge in [-0.15, -0.1) is 0 Å². The minimum atomic E-state index is -0.731. The number of pyridine rings is 1. The summed E-state index contributed by atoms with van der Waals surface area (Å²) in [5.41, 5.74) is 0.155. The van der Waals surface area contributed by atoms with Crippen molar-refractivity contribution in [3.05, 3.63) is 46.0 Å². The van der Waals surface area contributed by atoms with E-state index in [-0.39, 0.29) is 17.4 Å². The molecule has 0 radical (unpaired) electrons. The Labute approximate surface area is 152 Å². The van der Waals surface area contributed by atoms with Gasteiger partial charge in [-0.2, -0.15) is 0 Å². The molecule has 3 N–H and O–H groups in total. The Morgan fingerprint density at radius 3 is 3.00 bits per heavy atom. The first-order valence-corrected chi connectivity index (χ1v) is 9.54. The van der Waals surface area contributed by atoms with Gasteiger partial charge in [0.15, 0.2) is 0 Å². The lowest BCUT2D eigenvalue weighted by Crippen LogP contribution is -2.62. The molecule has 2 saturated heterocycles. The van der Waals surface area contributed by atoms with Crippen LogP contribution in [0.3, 0.4) is 0 Å². The summed E-state index contributed by atoms with van der Waals surface area (Å²) in [6, 6.07) is 6.39. The van der Waals surface area contributed by atoms with E-state index in [4.69, 9.17) is 0 Å². The van der Waals surface area contributed by atoms with Crippen LogP contribution in [0.15, 0.2) is 29.1 Å². The monoisotopic (exact) mass is 359 g/mol. The maximum atomic E-state index is 13.3. The number of benzene rings is 1. The van der Waals surface area contributed by atoms with Crippen LogP contribution < -0.4 is 10.9 Å². The summed E-state index contributed by atoms with van der Waals surface area (Å²) < 4.78 is 13.3. The van der Waals surface area contributed by atoms with E-state index in [2.05, 4.69) is 15.2 Å². The van der Waals surface area contributed by atoms with Crippen LogP contribution in [0.2, 0.25) is 0 Å². The van der Waals surface area contributed by atoms with E-state index < -0.39 is 5.60 Å². The van der Waals surface area contributed by atoms with Crippen LogP contribution in [0, 0.1) is 5.82 Å². The summed E-state index contributed by atoms with van der Waals surface area (Å²) >= 11 is 0. The summed E-state index contributed by atoms with van der Waals surface area (Å²) in [5, 5.41) is 15.3. The van der Waals surface area contributed by atoms with Gasteiger partial charge in [-0.1, -0.05) is 6.42 Å². The molecule has 2 fully saturated rings. The van der Waals surface area contributed by atoms with Gasteiger partial charge in [0.2, 0.25) is 0 Å². The van der Waals surface area contributed by atoms with Crippen molar-refractivity contribution in [1.82, 2.24) is 15.2 Å². The van der Waals surface area contributed by atoms with E-state index in [1.54, 1.807) is 12.1 Å². The summed E-state index contributed by atoms with van der Waals surface area (Å²) in [4.78, 5) is 17.4. The molecule has 3 heterocycles. The number of aliphatic hydroxyl groups is 1. The molecule has 4 rings (SSSR count). The molecule has 0 amide bonds. The van der Waals surface area contributed by atoms with Gasteiger partial charge in [0.25, 0.3) is 5.56 Å². The van der Waals surface area contributed by atoms with Crippen LogP contribution in [-0.2, 0) is 6.54 Å². The van der Waals surface area contributed by atoms with Gasteiger partial charge in [0.05, 0.1) is 11.1 Å². The molecule has 2 aliphatic rings. The molecule has 0 aliphatic carbocycles. The molecule has 2 atom stereocenters. The van der Waals surface area contributed by atoms with E-state index >= 15 is 0 Å². The standard InChI is InChI=1S/C20H26FN3O2/c21-16-6-5-14-10-15(19(25)23-17(14)11-16)12-22-13-20(26)7-3-9-24-8-2-1-4-18(20)24/h5-6,10-11,18,22,26H,1-4,7-9,12-13H2,(H,23,25)/t18-,20-/m1/s1. The highest BCUT2D eigenvalue weighted by Gasteiger charge is 2.43. The van der Waals surface area contributed by atoms with E-state index in [0.29, 0.717) is 24.2 Å². The molecular weight excluding hydrogens is 333 g/mol. The third-order valence-corrected chi connectivity index (χ3v) is 5.92. The Balaban J connectivity index is 1.45. The second-order valence-corrected chi connectivity index (χ2v) is 7.71. The smallest absolute Gasteiger partial charge is 0.252 e. The van der Waals surface area contributed by atoms with Crippen molar-refractivity contribution in [2.24, 2.45) is 0 Å². The SMILES string of the molecule is O=c1[nH]c2cc(F)ccc2cc1CNC[C@]1(O)CCCN2CCCC[C@@H]21. The number of hydrogen-bond acceptors (Lipinski definition) is 4. The predicted molar refractivity (Wildman–Crippen MR) is 99.6 cm³/mol. The van der Waals surface area contributed by atoms with Gasteiger partial charge < -0.3 is 15.4 Å². The van der Waals surface area contributed by atoms with Gasteiger partial charge in [-0.05, 0) is 68.4 Å². The lowest BCUT2D eigenvalue weighted by Gasteiger charge is -2.49. The number of H-pyrrole nitrogens is 1. The average Bonchev–Trinajstić information content (AvgIpc) is 2.63. The van der Waals surface area contributed by atoms with Crippen molar-refractivity contribution in [1.29, 1.82) is 0 Å². The van der Waals surface area contributed by atoms with E-state index in [1.807, 2.05) is 0 Å². The largest absolute Gasteiger partial charge is 0.387 e. The Hall–Kier alpha value is -1.76. The number of piperidine rings is 2. The molecule has 1 aromatic heterocycles. The average molecular weight is 359 g/mol. The zero-order valence-electron chi connectivity index (χ0n) is 14.9. The maximum Gasteiger partial charge on any atom is 0.252 e. The zero-order chi connectivity index (χ0) is 18.1. The van der Waals surface area contributed by atoms with Crippen LogP contribution in [0.25, 0.3) is 10.9 Å². The molecule has 2 aromatic rings. The fraction of sp³-hybridized carbons (Fsp3) is 0.550. The third kappa shape index (κ3) is 3.41. The third-order valence-electron chi connectivity index (χ3n) is 5.92. The molecular formula is C20H26FN3O2. The first-order valence-electron chi connectivity index (χ1n) is 9.54. The van der Waals surface area contributed by atoms with Crippen LogP contribution in [0.4, 0.5) is 4.39 Å². The Morgan fingerprint density at radius 2 is 2.12 bits per heavy atom. The van der Waals surface area contributed by atoms with Crippen LogP contribution in [-0.4, -0.2) is 46.3 Å². The number of aromatic amines is 1. The quantitative estimate of drug-likeness (QED) is 0.782. The molecule has 2 aliphatic heterocycles. The van der Waals surface area contributed by atoms with Crippen molar-refractivity contribution >= 4 is 10.9 Å². The molecule has 0 bridgehead atoms. The second-order valence-electron chi connectivity index (χ2n) is 7.71. The van der Waals surface area contributed by atoms with Crippen molar-refractivity contribution in [2.75, 3.05) is 19.6 Å². The minimum Gasteiger partial charge on any atom is -0.387 e. The summed E-state index contributed by atoms with van der Waals surface area (Å²) in [6.45, 7) is 3.02. The minimum absolute atomic E-state index is 0.217. The van der Waals surface area contributed by atoms with Crippen LogP contribution in [0.1, 0.15) is 37.7 Å². The fourth-order valence-corrected chi connectivity index (χ4v) is 4.59. The Kier molecular flexibility index (Phi) is 4.82. The molecule has 0 unspecified atom stereocenters. The van der Waals surface area contributed by atoms with E-state index in [1.165, 1.54) is 25.0 Å². The number of aromatic nitrogens is 1. The molecule has 5 nitrogen and oxygen atoms in total. The summed E-state index contributed by atoms with van der Waals surface area (Å²) in [5.74, 6) is -0.365. The van der Waals surface area contributed by atoms with Crippen molar-refractivity contribution in [3.63, 3.8) is 0 Å². The molecule has 140 valence electrons. The Bertz CT molecular complexity index is 851. The topological polar surface area (TPSA) is 68.4 Å². The maximum absolute atomic E-state index is 13.3. The predicted octanol–water partition coefficient (Wildman–Crippen LogP) is 2.14. The number of rotatable bonds is 4. The van der Waals surface area contributed by atoms with Crippen LogP contribution >= 0.6 is 0 Å². The van der Waals surface area contributed by atoms with Gasteiger partial charge in [0.1, 0.15) is 5.82 Å². The number of nitrogens with one attached hydrogen (secondary N) is 2. The van der Waals surface area contributed by atoms with Gasteiger partial charge in [0, 0.05) is 24.7 Å². The lowest BCUT2D eigenvalue weighted by molar-refractivity contribution is -0.0919. The molecule has 1 aromatic carbocycles. The first kappa shape index (κ1) is 17.6. The number of nitrogens with zero attached hydrogens (tertiary/aromatic N) is 1. The highest BCUT2D eigenvalue weighted by Crippen LogP contribution is 2.33. The van der Waals surface area contributed by atoms with E-state index in [9.17, 15) is 14.3 Å². The highest BCUT2D eigenvalue weighted by molar-refractivity contribution is 5.78. The van der Waals surface area contributed by atoms with Crippen LogP contribution in [0.5, 0.6) is 0 Å². The van der Waals surface area contributed by atoms with Gasteiger partial charge >= 0.3 is 0 Å². The Morgan fingerprint density at radius 1 is 1.27 bits per heavy atom. The van der Waals surface area contributed by atoms with E-state index in [0.717, 1.165) is 37.7 Å². The van der Waals surface area contributed by atoms with Gasteiger partial charge in [-0.3, -0.25) is 9.69 Å². The molecule has 0 saturated carbocycles. The number of halogens is 1. The molecule has 6 heteroatoms. The fourth-order valence-electron chi connectivity index (χ4n) is 4.59. The van der Waals surface area contributed by atoms with Crippen molar-refractivity contribution < 1.29 is 9.50 Å². The van der Waals surface area contributed by atoms with Crippen molar-refractivity contribution in [3.8, 4) is 0 Å². The van der Waals surface area contributed by atoms with Crippen molar-refractivity contribution in [2.45, 2.75) is 50.3 Å². The number of hydrogen-bond donors (Lipinski definition) is 3. The second kappa shape index (κ2) is 7.10. The lowest BCUT2D eigenvalue weighted by atomic mass is 9.79. The highest BCUT2D eigenvalue weighted by atomic mass is 19.1. The molecule has 0 spiro atoms. The normalized spacial score (nSPS) is 26.8. The number of fused-ring (bicyclic) bond motifs is 2. The van der Waals surface area contributed by atoms with Gasteiger partial charge in [-0.25, -0.2) is 4.39 Å². The zero-order valence-corrected chi connectivity index (χ0v) is 14.9. The molecule has 26 heavy (non-hydrogen) atoms. The first-order chi connectivity index (χ1) is 12.5. The summed E-state index contributed by atoms with van der Waals surface area (Å²) in [6.07, 6.45) is 5.24.